The van der Waals surface area contributed by atoms with Crippen molar-refractivity contribution in [3.05, 3.63) is 33.4 Å². The maximum Gasteiger partial charge on any atom is 0.254 e. The summed E-state index contributed by atoms with van der Waals surface area (Å²) in [5, 5.41) is 0. The van der Waals surface area contributed by atoms with Gasteiger partial charge >= 0.3 is 0 Å². The third kappa shape index (κ3) is 3.44. The van der Waals surface area contributed by atoms with Crippen molar-refractivity contribution in [2.45, 2.75) is 32.7 Å². The predicted octanol–water partition coefficient (Wildman–Crippen LogP) is 3.55. The molecule has 1 aliphatic rings. The lowest BCUT2D eigenvalue weighted by Gasteiger charge is -2.27. The molecule has 1 fully saturated rings. The van der Waals surface area contributed by atoms with Crippen LogP contribution in [0.15, 0.2) is 24.3 Å². The van der Waals surface area contributed by atoms with Crippen LogP contribution in [-0.2, 0) is 0 Å². The van der Waals surface area contributed by atoms with Crippen LogP contribution in [0.2, 0.25) is 0 Å². The van der Waals surface area contributed by atoms with E-state index in [1.165, 1.54) is 12.8 Å². The third-order valence-corrected chi connectivity index (χ3v) is 3.78. The largest absolute Gasteiger partial charge is 0.336 e. The molecule has 17 heavy (non-hydrogen) atoms. The van der Waals surface area contributed by atoms with Gasteiger partial charge in [0.15, 0.2) is 0 Å². The van der Waals surface area contributed by atoms with Crippen molar-refractivity contribution in [2.75, 3.05) is 6.54 Å². The number of hydrogen-bond donors (Lipinski definition) is 0. The second kappa shape index (κ2) is 5.38. The van der Waals surface area contributed by atoms with Gasteiger partial charge in [0.2, 0.25) is 0 Å². The fraction of sp³-hybridized carbons (Fsp3) is 0.500. The standard InChI is InChI=1S/C14H18INO/c1-10(2)16(9-11-6-7-11)14(17)12-4-3-5-13(15)8-12/h3-5,8,10-11H,6-7,9H2,1-2H3. The van der Waals surface area contributed by atoms with Crippen molar-refractivity contribution in [2.24, 2.45) is 5.92 Å². The van der Waals surface area contributed by atoms with E-state index in [1.54, 1.807) is 0 Å². The fourth-order valence-electron chi connectivity index (χ4n) is 1.89. The van der Waals surface area contributed by atoms with Crippen molar-refractivity contribution in [1.82, 2.24) is 4.90 Å². The highest BCUT2D eigenvalue weighted by molar-refractivity contribution is 14.1. The molecule has 2 rings (SSSR count). The summed E-state index contributed by atoms with van der Waals surface area (Å²) < 4.78 is 1.11. The van der Waals surface area contributed by atoms with Gasteiger partial charge in [-0.25, -0.2) is 0 Å². The lowest BCUT2D eigenvalue weighted by molar-refractivity contribution is 0.0696. The number of rotatable bonds is 4. The minimum absolute atomic E-state index is 0.172. The van der Waals surface area contributed by atoms with Crippen molar-refractivity contribution >= 4 is 28.5 Å². The van der Waals surface area contributed by atoms with Crippen LogP contribution in [0, 0.1) is 9.49 Å². The number of nitrogens with zero attached hydrogens (tertiary/aromatic N) is 1. The van der Waals surface area contributed by atoms with Gasteiger partial charge in [-0.1, -0.05) is 6.07 Å². The van der Waals surface area contributed by atoms with Gasteiger partial charge in [0.1, 0.15) is 0 Å². The molecule has 0 saturated heterocycles. The first kappa shape index (κ1) is 12.9. The second-order valence-corrected chi connectivity index (χ2v) is 6.25. The molecule has 1 aromatic carbocycles. The Kier molecular flexibility index (Phi) is 4.07. The number of benzene rings is 1. The first-order chi connectivity index (χ1) is 8.08. The number of carbonyl (C=O) groups is 1. The van der Waals surface area contributed by atoms with Gasteiger partial charge in [-0.2, -0.15) is 0 Å². The van der Waals surface area contributed by atoms with Gasteiger partial charge < -0.3 is 4.90 Å². The van der Waals surface area contributed by atoms with Gasteiger partial charge in [0.05, 0.1) is 0 Å². The third-order valence-electron chi connectivity index (χ3n) is 3.11. The van der Waals surface area contributed by atoms with E-state index in [0.29, 0.717) is 0 Å². The van der Waals surface area contributed by atoms with Crippen LogP contribution in [0.25, 0.3) is 0 Å². The maximum atomic E-state index is 12.4. The van der Waals surface area contributed by atoms with Crippen LogP contribution in [-0.4, -0.2) is 23.4 Å². The van der Waals surface area contributed by atoms with E-state index < -0.39 is 0 Å². The summed E-state index contributed by atoms with van der Waals surface area (Å²) >= 11 is 2.25. The Hall–Kier alpha value is -0.580. The van der Waals surface area contributed by atoms with Crippen LogP contribution >= 0.6 is 22.6 Å². The average molecular weight is 343 g/mol. The molecule has 0 aromatic heterocycles. The summed E-state index contributed by atoms with van der Waals surface area (Å²) in [6, 6.07) is 8.11. The Morgan fingerprint density at radius 1 is 1.47 bits per heavy atom. The summed E-state index contributed by atoms with van der Waals surface area (Å²) in [7, 11) is 0. The molecule has 92 valence electrons. The van der Waals surface area contributed by atoms with Gasteiger partial charge in [-0.3, -0.25) is 4.79 Å². The summed E-state index contributed by atoms with van der Waals surface area (Å²) in [6.07, 6.45) is 2.56. The second-order valence-electron chi connectivity index (χ2n) is 5.00. The molecule has 1 aliphatic carbocycles. The molecule has 3 heteroatoms. The molecular formula is C14H18INO. The molecule has 0 aliphatic heterocycles. The highest BCUT2D eigenvalue weighted by Crippen LogP contribution is 2.30. The summed E-state index contributed by atoms with van der Waals surface area (Å²) in [6.45, 7) is 5.10. The minimum atomic E-state index is 0.172. The average Bonchev–Trinajstić information content (AvgIpc) is 3.08. The topological polar surface area (TPSA) is 20.3 Å². The molecule has 2 nitrogen and oxygen atoms in total. The Labute approximate surface area is 117 Å². The van der Waals surface area contributed by atoms with Gasteiger partial charge in [0.25, 0.3) is 5.91 Å². The Morgan fingerprint density at radius 2 is 2.18 bits per heavy atom. The van der Waals surface area contributed by atoms with E-state index in [2.05, 4.69) is 36.4 Å². The quantitative estimate of drug-likeness (QED) is 0.766. The number of halogens is 1. The van der Waals surface area contributed by atoms with Crippen LogP contribution in [0.3, 0.4) is 0 Å². The van der Waals surface area contributed by atoms with E-state index in [-0.39, 0.29) is 11.9 Å². The molecule has 0 atom stereocenters. The predicted molar refractivity (Wildman–Crippen MR) is 78.1 cm³/mol. The SMILES string of the molecule is CC(C)N(CC1CC1)C(=O)c1cccc(I)c1. The zero-order valence-corrected chi connectivity index (χ0v) is 12.5. The highest BCUT2D eigenvalue weighted by atomic mass is 127. The maximum absolute atomic E-state index is 12.4. The van der Waals surface area contributed by atoms with Gasteiger partial charge in [-0.05, 0) is 73.4 Å². The molecule has 0 bridgehead atoms. The number of amides is 1. The molecular weight excluding hydrogens is 325 g/mol. The minimum Gasteiger partial charge on any atom is -0.336 e. The van der Waals surface area contributed by atoms with E-state index in [9.17, 15) is 4.79 Å². The first-order valence-electron chi connectivity index (χ1n) is 6.14. The fourth-order valence-corrected chi connectivity index (χ4v) is 2.44. The molecule has 0 N–H and O–H groups in total. The lowest BCUT2D eigenvalue weighted by atomic mass is 10.1. The van der Waals surface area contributed by atoms with Crippen LogP contribution in [0.1, 0.15) is 37.0 Å². The molecule has 1 aromatic rings. The summed E-state index contributed by atoms with van der Waals surface area (Å²) in [5.41, 5.74) is 0.811. The zero-order valence-electron chi connectivity index (χ0n) is 10.3. The van der Waals surface area contributed by atoms with E-state index in [0.717, 1.165) is 21.6 Å². The van der Waals surface area contributed by atoms with E-state index >= 15 is 0 Å². The molecule has 0 unspecified atom stereocenters. The first-order valence-corrected chi connectivity index (χ1v) is 7.22. The van der Waals surface area contributed by atoms with E-state index in [1.807, 2.05) is 29.2 Å². The van der Waals surface area contributed by atoms with Gasteiger partial charge in [-0.15, -0.1) is 0 Å². The molecule has 0 heterocycles. The Balaban J connectivity index is 2.14. The monoisotopic (exact) mass is 343 g/mol. The van der Waals surface area contributed by atoms with Crippen molar-refractivity contribution in [3.63, 3.8) is 0 Å². The number of hydrogen-bond acceptors (Lipinski definition) is 1. The highest BCUT2D eigenvalue weighted by Gasteiger charge is 2.28. The van der Waals surface area contributed by atoms with Crippen molar-refractivity contribution in [3.8, 4) is 0 Å². The molecule has 0 spiro atoms. The summed E-state index contributed by atoms with van der Waals surface area (Å²) in [4.78, 5) is 14.4. The van der Waals surface area contributed by atoms with Crippen molar-refractivity contribution in [1.29, 1.82) is 0 Å². The number of carbonyl (C=O) groups excluding carboxylic acids is 1. The summed E-state index contributed by atoms with van der Waals surface area (Å²) in [5.74, 6) is 0.912. The molecule has 1 saturated carbocycles. The Bertz CT molecular complexity index is 412. The smallest absolute Gasteiger partial charge is 0.254 e. The molecule has 1 amide bonds. The molecule has 0 radical (unpaired) electrons. The van der Waals surface area contributed by atoms with Crippen LogP contribution < -0.4 is 0 Å². The van der Waals surface area contributed by atoms with Crippen LogP contribution in [0.4, 0.5) is 0 Å². The van der Waals surface area contributed by atoms with E-state index in [4.69, 9.17) is 0 Å². The van der Waals surface area contributed by atoms with Crippen molar-refractivity contribution < 1.29 is 4.79 Å². The normalized spacial score (nSPS) is 15.1. The zero-order chi connectivity index (χ0) is 12.4. The Morgan fingerprint density at radius 3 is 2.71 bits per heavy atom. The van der Waals surface area contributed by atoms with Gasteiger partial charge in [0, 0.05) is 21.7 Å². The lowest BCUT2D eigenvalue weighted by Crippen LogP contribution is -2.38. The van der Waals surface area contributed by atoms with Crippen LogP contribution in [0.5, 0.6) is 0 Å².